The van der Waals surface area contributed by atoms with Crippen molar-refractivity contribution < 1.29 is 0 Å². The van der Waals surface area contributed by atoms with Crippen molar-refractivity contribution in [1.82, 2.24) is 5.32 Å². The number of hydrogen-bond acceptors (Lipinski definition) is 1. The average molecular weight is 213 g/mol. The first-order chi connectivity index (χ1) is 7.29. The summed E-state index contributed by atoms with van der Waals surface area (Å²) in [6, 6.07) is 0. The lowest BCUT2D eigenvalue weighted by molar-refractivity contribution is 0.832. The molecule has 0 aliphatic heterocycles. The minimum Gasteiger partial charge on any atom is -0.391 e. The van der Waals surface area contributed by atoms with Crippen molar-refractivity contribution in [2.24, 2.45) is 0 Å². The monoisotopic (exact) mass is 213 g/mol. The van der Waals surface area contributed by atoms with E-state index in [9.17, 15) is 0 Å². The normalized spacial score (nSPS) is 9.80. The molecule has 0 heterocycles. The molecule has 0 spiro atoms. The Labute approximate surface area is 97.7 Å². The predicted octanol–water partition coefficient (Wildman–Crippen LogP) is 4.91. The van der Waals surface area contributed by atoms with E-state index in [1.165, 1.54) is 17.7 Å². The Morgan fingerprint density at radius 3 is 1.80 bits per heavy atom. The molecule has 92 valence electrons. The maximum atomic E-state index is 3.80. The molecule has 15 heavy (non-hydrogen) atoms. The molecule has 0 amide bonds. The molecule has 0 rings (SSSR count). The van der Waals surface area contributed by atoms with Crippen molar-refractivity contribution in [1.29, 1.82) is 0 Å². The van der Waals surface area contributed by atoms with E-state index < -0.39 is 0 Å². The van der Waals surface area contributed by atoms with Gasteiger partial charge in [0.1, 0.15) is 0 Å². The fraction of sp³-hybridized carbons (Fsp3) is 0.714. The van der Waals surface area contributed by atoms with Gasteiger partial charge in [-0.3, -0.25) is 0 Å². The van der Waals surface area contributed by atoms with Crippen LogP contribution in [0.1, 0.15) is 60.8 Å². The largest absolute Gasteiger partial charge is 0.391 e. The van der Waals surface area contributed by atoms with Gasteiger partial charge in [0.2, 0.25) is 0 Å². The highest BCUT2D eigenvalue weighted by molar-refractivity contribution is 5.22. The maximum Gasteiger partial charge on any atom is 0.0134 e. The molecule has 0 atom stereocenters. The molecule has 0 bridgehead atoms. The molecular weight excluding hydrogens is 182 g/mol. The molecule has 1 nitrogen and oxygen atoms in total. The molecule has 0 unspecified atom stereocenters. The van der Waals surface area contributed by atoms with Crippen LogP contribution >= 0.6 is 0 Å². The van der Waals surface area contributed by atoms with E-state index in [4.69, 9.17) is 0 Å². The highest BCUT2D eigenvalue weighted by atomic mass is 14.8. The molecule has 1 N–H and O–H groups in total. The zero-order valence-corrected chi connectivity index (χ0v) is 11.9. The van der Waals surface area contributed by atoms with Gasteiger partial charge in [-0.1, -0.05) is 60.6 Å². The van der Waals surface area contributed by atoms with Crippen molar-refractivity contribution in [3.8, 4) is 0 Å². The Kier molecular flexibility index (Phi) is 25.0. The van der Waals surface area contributed by atoms with E-state index in [1.807, 2.05) is 40.8 Å². The van der Waals surface area contributed by atoms with Crippen LogP contribution in [-0.4, -0.2) is 7.05 Å². The van der Waals surface area contributed by atoms with Crippen LogP contribution in [0.4, 0.5) is 0 Å². The van der Waals surface area contributed by atoms with Crippen LogP contribution in [0, 0.1) is 0 Å². The number of rotatable bonds is 5. The maximum absolute atomic E-state index is 3.80. The summed E-state index contributed by atoms with van der Waals surface area (Å²) in [6.07, 6.45) is 5.34. The van der Waals surface area contributed by atoms with Gasteiger partial charge in [-0.25, -0.2) is 0 Å². The van der Waals surface area contributed by atoms with Gasteiger partial charge >= 0.3 is 0 Å². The van der Waals surface area contributed by atoms with Gasteiger partial charge in [0.05, 0.1) is 0 Å². The highest BCUT2D eigenvalue weighted by Crippen LogP contribution is 2.12. The summed E-state index contributed by atoms with van der Waals surface area (Å²) in [4.78, 5) is 0. The van der Waals surface area contributed by atoms with Crippen LogP contribution in [-0.2, 0) is 0 Å². The van der Waals surface area contributed by atoms with Crippen molar-refractivity contribution >= 4 is 0 Å². The Morgan fingerprint density at radius 1 is 1.13 bits per heavy atom. The third-order valence-electron chi connectivity index (χ3n) is 1.81. The molecule has 0 aliphatic rings. The van der Waals surface area contributed by atoms with Crippen LogP contribution in [0.25, 0.3) is 0 Å². The minimum absolute atomic E-state index is 1.07. The summed E-state index contributed by atoms with van der Waals surface area (Å²) in [5, 5.41) is 3.20. The highest BCUT2D eigenvalue weighted by Gasteiger charge is 1.97. The second kappa shape index (κ2) is 18.9. The second-order valence-electron chi connectivity index (χ2n) is 2.56. The molecule has 0 aliphatic carbocycles. The molecule has 0 saturated heterocycles. The smallest absolute Gasteiger partial charge is 0.0134 e. The summed E-state index contributed by atoms with van der Waals surface area (Å²) < 4.78 is 0. The number of nitrogens with one attached hydrogen (secondary N) is 1. The Hall–Kier alpha value is -0.720. The molecule has 0 aromatic rings. The summed E-state index contributed by atoms with van der Waals surface area (Å²) in [5.74, 6) is 0. The van der Waals surface area contributed by atoms with Crippen molar-refractivity contribution in [3.63, 3.8) is 0 Å². The fourth-order valence-corrected chi connectivity index (χ4v) is 1.21. The average Bonchev–Trinajstić information content (AvgIpc) is 2.34. The molecule has 0 fully saturated rings. The molecular formula is C14H31N. The third-order valence-corrected chi connectivity index (χ3v) is 1.81. The van der Waals surface area contributed by atoms with Crippen molar-refractivity contribution in [2.45, 2.75) is 60.8 Å². The van der Waals surface area contributed by atoms with Gasteiger partial charge in [0, 0.05) is 12.7 Å². The van der Waals surface area contributed by atoms with E-state index in [1.54, 1.807) is 0 Å². The van der Waals surface area contributed by atoms with E-state index in [2.05, 4.69) is 25.7 Å². The van der Waals surface area contributed by atoms with E-state index in [-0.39, 0.29) is 0 Å². The first-order valence-electron chi connectivity index (χ1n) is 6.32. The lowest BCUT2D eigenvalue weighted by atomic mass is 10.1. The van der Waals surface area contributed by atoms with E-state index >= 15 is 0 Å². The SMILES string of the molecule is C=C/C(CCC)=C(/CC)NC.CC.CC. The minimum atomic E-state index is 1.07. The Bertz CT molecular complexity index is 139. The first-order valence-corrected chi connectivity index (χ1v) is 6.32. The van der Waals surface area contributed by atoms with Crippen molar-refractivity contribution in [3.05, 3.63) is 23.9 Å². The summed E-state index contributed by atoms with van der Waals surface area (Å²) >= 11 is 0. The van der Waals surface area contributed by atoms with Crippen LogP contribution in [0.15, 0.2) is 23.9 Å². The summed E-state index contributed by atoms with van der Waals surface area (Å²) in [6.45, 7) is 16.1. The quantitative estimate of drug-likeness (QED) is 0.640. The molecule has 0 saturated carbocycles. The fourth-order valence-electron chi connectivity index (χ4n) is 1.21. The topological polar surface area (TPSA) is 12.0 Å². The van der Waals surface area contributed by atoms with Crippen molar-refractivity contribution in [2.75, 3.05) is 7.05 Å². The third kappa shape index (κ3) is 11.2. The van der Waals surface area contributed by atoms with Crippen LogP contribution in [0.5, 0.6) is 0 Å². The van der Waals surface area contributed by atoms with Crippen LogP contribution < -0.4 is 5.32 Å². The zero-order valence-electron chi connectivity index (χ0n) is 11.9. The van der Waals surface area contributed by atoms with Gasteiger partial charge < -0.3 is 5.32 Å². The van der Waals surface area contributed by atoms with Gasteiger partial charge in [0.25, 0.3) is 0 Å². The lowest BCUT2D eigenvalue weighted by Crippen LogP contribution is -2.07. The molecule has 0 radical (unpaired) electrons. The summed E-state index contributed by atoms with van der Waals surface area (Å²) in [5.41, 5.74) is 2.68. The van der Waals surface area contributed by atoms with Crippen LogP contribution in [0.2, 0.25) is 0 Å². The standard InChI is InChI=1S/C10H19N.2C2H6/c1-5-8-9(6-2)10(7-3)11-4;2*1-2/h6,11H,2,5,7-8H2,1,3-4H3;2*1-2H3/b10-9+;;. The van der Waals surface area contributed by atoms with Gasteiger partial charge in [-0.2, -0.15) is 0 Å². The van der Waals surface area contributed by atoms with Crippen LogP contribution in [0.3, 0.4) is 0 Å². The predicted molar refractivity (Wildman–Crippen MR) is 74.2 cm³/mol. The molecule has 1 heteroatoms. The number of hydrogen-bond donors (Lipinski definition) is 1. The Morgan fingerprint density at radius 2 is 1.60 bits per heavy atom. The lowest BCUT2D eigenvalue weighted by Gasteiger charge is -2.08. The molecule has 0 aromatic heterocycles. The Balaban J connectivity index is -0.000000318. The molecule has 0 aromatic carbocycles. The van der Waals surface area contributed by atoms with Gasteiger partial charge in [0.15, 0.2) is 0 Å². The van der Waals surface area contributed by atoms with E-state index in [0.29, 0.717) is 0 Å². The first kappa shape index (κ1) is 19.8. The summed E-state index contributed by atoms with van der Waals surface area (Å²) in [7, 11) is 1.97. The zero-order chi connectivity index (χ0) is 12.7. The van der Waals surface area contributed by atoms with Gasteiger partial charge in [-0.15, -0.1) is 0 Å². The second-order valence-corrected chi connectivity index (χ2v) is 2.56. The van der Waals surface area contributed by atoms with Gasteiger partial charge in [-0.05, 0) is 18.4 Å². The van der Waals surface area contributed by atoms with E-state index in [0.717, 1.165) is 12.8 Å². The number of allylic oxidation sites excluding steroid dienone is 3.